The molecule has 15 heteroatoms. The Kier molecular flexibility index (Phi) is 11.6. The number of rotatable bonds is 13. The third-order valence-electron chi connectivity index (χ3n) is 8.65. The zero-order valence-electron chi connectivity index (χ0n) is 28.2. The molecule has 5 aromatic rings. The van der Waals surface area contributed by atoms with Crippen LogP contribution in [0.25, 0.3) is 0 Å². The van der Waals surface area contributed by atoms with Gasteiger partial charge in [-0.25, -0.2) is 4.79 Å². The van der Waals surface area contributed by atoms with Crippen LogP contribution in [0.4, 0.5) is 0 Å². The molecular formula is C37H35Cl2N2O9PS. The van der Waals surface area contributed by atoms with Crippen LogP contribution >= 0.6 is 29.9 Å². The molecule has 6 rings (SSSR count). The zero-order chi connectivity index (χ0) is 37.0. The predicted octanol–water partition coefficient (Wildman–Crippen LogP) is 7.15. The summed E-state index contributed by atoms with van der Waals surface area (Å²) < 4.78 is 37.6. The Bertz CT molecular complexity index is 2140. The molecule has 1 aliphatic heterocycles. The number of nitrogens with one attached hydrogen (secondary N) is 1. The van der Waals surface area contributed by atoms with E-state index in [2.05, 4.69) is 4.98 Å². The second-order valence-electron chi connectivity index (χ2n) is 11.9. The number of aromatic amines is 1. The highest BCUT2D eigenvalue weighted by molar-refractivity contribution is 8.07. The van der Waals surface area contributed by atoms with Gasteiger partial charge < -0.3 is 28.4 Å². The first kappa shape index (κ1) is 37.8. The molecule has 1 aliphatic rings. The lowest BCUT2D eigenvalue weighted by Gasteiger charge is -2.37. The maximum absolute atomic E-state index is 13.0. The molecule has 2 N–H and O–H groups in total. The molecule has 4 atom stereocenters. The fourth-order valence-corrected chi connectivity index (χ4v) is 7.94. The van der Waals surface area contributed by atoms with Crippen LogP contribution in [-0.2, 0) is 31.4 Å². The predicted molar refractivity (Wildman–Crippen MR) is 201 cm³/mol. The van der Waals surface area contributed by atoms with E-state index in [4.69, 9.17) is 63.0 Å². The second-order valence-corrected chi connectivity index (χ2v) is 15.5. The van der Waals surface area contributed by atoms with Crippen molar-refractivity contribution in [3.05, 3.63) is 156 Å². The number of aromatic nitrogens is 2. The maximum Gasteiger partial charge on any atom is 0.378 e. The Morgan fingerprint density at radius 2 is 1.46 bits per heavy atom. The summed E-state index contributed by atoms with van der Waals surface area (Å²) in [4.78, 5) is 38.8. The van der Waals surface area contributed by atoms with Gasteiger partial charge in [-0.15, -0.1) is 0 Å². The van der Waals surface area contributed by atoms with Gasteiger partial charge in [-0.3, -0.25) is 18.9 Å². The SMILES string of the molecule is COc1ccc(C(OC[C@H]2O[C@@H](n3cc(C)c(=O)[nH]c3=O)C[C@@H]2OP(O)(=S)Oc2ccc(Cl)c(Cl)c2)(c2ccccc2)c2ccc(OC)cc2)cc1. The van der Waals surface area contributed by atoms with Crippen molar-refractivity contribution in [3.8, 4) is 17.2 Å². The molecule has 11 nitrogen and oxygen atoms in total. The highest BCUT2D eigenvalue weighted by atomic mass is 35.5. The van der Waals surface area contributed by atoms with Gasteiger partial charge in [0.2, 0.25) is 0 Å². The first-order valence-corrected chi connectivity index (χ1v) is 19.4. The van der Waals surface area contributed by atoms with Crippen LogP contribution < -0.4 is 25.2 Å². The molecule has 0 aliphatic carbocycles. The van der Waals surface area contributed by atoms with Crippen LogP contribution in [-0.4, -0.2) is 47.5 Å². The molecule has 1 saturated heterocycles. The summed E-state index contributed by atoms with van der Waals surface area (Å²) >= 11 is 17.7. The number of benzene rings is 4. The summed E-state index contributed by atoms with van der Waals surface area (Å²) in [7, 11) is 3.19. The summed E-state index contributed by atoms with van der Waals surface area (Å²) in [6.07, 6.45) is -1.31. The minimum absolute atomic E-state index is 0.0481. The molecule has 0 amide bonds. The van der Waals surface area contributed by atoms with E-state index in [1.807, 2.05) is 78.9 Å². The van der Waals surface area contributed by atoms with Crippen molar-refractivity contribution in [1.82, 2.24) is 9.55 Å². The Hall–Kier alpha value is -3.97. The molecule has 1 fully saturated rings. The molecule has 2 heterocycles. The molecule has 0 radical (unpaired) electrons. The fraction of sp³-hybridized carbons (Fsp3) is 0.243. The molecule has 1 aromatic heterocycles. The molecule has 0 bridgehead atoms. The van der Waals surface area contributed by atoms with Gasteiger partial charge in [-0.05, 0) is 60.0 Å². The van der Waals surface area contributed by atoms with Crippen LogP contribution in [0.2, 0.25) is 10.0 Å². The van der Waals surface area contributed by atoms with Gasteiger partial charge in [0.1, 0.15) is 41.3 Å². The third kappa shape index (κ3) is 8.15. The zero-order valence-corrected chi connectivity index (χ0v) is 31.5. The summed E-state index contributed by atoms with van der Waals surface area (Å²) in [6, 6.07) is 29.2. The number of methoxy groups -OCH3 is 2. The molecular weight excluding hydrogens is 750 g/mol. The monoisotopic (exact) mass is 784 g/mol. The first-order valence-electron chi connectivity index (χ1n) is 16.0. The van der Waals surface area contributed by atoms with Crippen molar-refractivity contribution in [1.29, 1.82) is 0 Å². The minimum atomic E-state index is -4.02. The van der Waals surface area contributed by atoms with Gasteiger partial charge in [0.05, 0.1) is 30.9 Å². The van der Waals surface area contributed by atoms with Gasteiger partial charge >= 0.3 is 12.4 Å². The third-order valence-corrected chi connectivity index (χ3v) is 10.9. The number of nitrogens with zero attached hydrogens (tertiary/aromatic N) is 1. The van der Waals surface area contributed by atoms with Crippen molar-refractivity contribution < 1.29 is 32.9 Å². The van der Waals surface area contributed by atoms with Gasteiger partial charge in [-0.1, -0.05) is 77.8 Å². The van der Waals surface area contributed by atoms with E-state index in [-0.39, 0.29) is 23.8 Å². The minimum Gasteiger partial charge on any atom is -0.497 e. The van der Waals surface area contributed by atoms with Crippen LogP contribution in [0.1, 0.15) is 34.9 Å². The number of H-pyrrole nitrogens is 1. The Morgan fingerprint density at radius 3 is 2.04 bits per heavy atom. The second kappa shape index (κ2) is 16.0. The Balaban J connectivity index is 1.40. The average molecular weight is 786 g/mol. The van der Waals surface area contributed by atoms with Crippen LogP contribution in [0.3, 0.4) is 0 Å². The van der Waals surface area contributed by atoms with E-state index in [1.165, 1.54) is 29.0 Å². The lowest BCUT2D eigenvalue weighted by molar-refractivity contribution is -0.0923. The number of halogens is 2. The topological polar surface area (TPSA) is 130 Å². The van der Waals surface area contributed by atoms with Gasteiger partial charge in [-0.2, -0.15) is 0 Å². The fourth-order valence-electron chi connectivity index (χ4n) is 6.07. The van der Waals surface area contributed by atoms with Crippen molar-refractivity contribution in [2.75, 3.05) is 20.8 Å². The maximum atomic E-state index is 13.0. The van der Waals surface area contributed by atoms with Crippen molar-refractivity contribution >= 4 is 41.7 Å². The summed E-state index contributed by atoms with van der Waals surface area (Å²) in [5.41, 5.74) is 0.259. The summed E-state index contributed by atoms with van der Waals surface area (Å²) in [6.45, 7) is -2.56. The largest absolute Gasteiger partial charge is 0.497 e. The van der Waals surface area contributed by atoms with Gasteiger partial charge in [0.15, 0.2) is 0 Å². The molecule has 1 unspecified atom stereocenters. The highest BCUT2D eigenvalue weighted by Crippen LogP contribution is 2.50. The summed E-state index contributed by atoms with van der Waals surface area (Å²) in [5, 5.41) is 0.495. The standard InChI is InChI=1S/C37H35Cl2N2O9PS/c1-23-21-41(36(43)40-35(23)42)34-20-32(50-51(44,52)49-29-17-18-30(38)31(39)19-29)33(48-34)22-47-37(24-7-5-4-6-8-24,25-9-13-27(45-2)14-10-25)26-11-15-28(46-3)16-12-26/h4-19,21,32-34H,20,22H2,1-3H3,(H,44,52)(H,40,42,43)/t32-,33+,34+,51?/m0/s1. The van der Waals surface area contributed by atoms with E-state index in [9.17, 15) is 14.5 Å². The number of hydrogen-bond acceptors (Lipinski definition) is 9. The average Bonchev–Trinajstić information content (AvgIpc) is 3.53. The molecule has 4 aromatic carbocycles. The first-order chi connectivity index (χ1) is 24.9. The van der Waals surface area contributed by atoms with Crippen LogP contribution in [0.15, 0.2) is 113 Å². The molecule has 272 valence electrons. The molecule has 0 saturated carbocycles. The van der Waals surface area contributed by atoms with Crippen molar-refractivity contribution in [3.63, 3.8) is 0 Å². The van der Waals surface area contributed by atoms with E-state index >= 15 is 0 Å². The van der Waals surface area contributed by atoms with Gasteiger partial charge in [0.25, 0.3) is 5.56 Å². The number of aryl methyl sites for hydroxylation is 1. The van der Waals surface area contributed by atoms with E-state index < -0.39 is 42.0 Å². The van der Waals surface area contributed by atoms with Crippen LogP contribution in [0, 0.1) is 6.92 Å². The van der Waals surface area contributed by atoms with Crippen molar-refractivity contribution in [2.24, 2.45) is 0 Å². The Morgan fingerprint density at radius 1 is 0.885 bits per heavy atom. The van der Waals surface area contributed by atoms with E-state index in [1.54, 1.807) is 21.1 Å². The highest BCUT2D eigenvalue weighted by Gasteiger charge is 2.45. The lowest BCUT2D eigenvalue weighted by atomic mass is 9.80. The number of hydrogen-bond donors (Lipinski definition) is 2. The van der Waals surface area contributed by atoms with Crippen LogP contribution in [0.5, 0.6) is 17.2 Å². The van der Waals surface area contributed by atoms with Crippen molar-refractivity contribution in [2.45, 2.75) is 37.4 Å². The Labute approximate surface area is 314 Å². The normalized spacial score (nSPS) is 18.5. The lowest BCUT2D eigenvalue weighted by Crippen LogP contribution is -2.38. The van der Waals surface area contributed by atoms with Gasteiger partial charge in [0, 0.05) is 36.1 Å². The smallest absolute Gasteiger partial charge is 0.378 e. The van der Waals surface area contributed by atoms with E-state index in [0.29, 0.717) is 22.1 Å². The quantitative estimate of drug-likeness (QED) is 0.0939. The summed E-state index contributed by atoms with van der Waals surface area (Å²) in [5.74, 6) is 1.47. The number of ether oxygens (including phenoxy) is 4. The van der Waals surface area contributed by atoms with E-state index in [0.717, 1.165) is 16.7 Å². The molecule has 52 heavy (non-hydrogen) atoms. The molecule has 0 spiro atoms.